The lowest BCUT2D eigenvalue weighted by Gasteiger charge is -2.07. The number of nitrogens with one attached hydrogen (secondary N) is 1. The second kappa shape index (κ2) is 8.11. The van der Waals surface area contributed by atoms with Gasteiger partial charge in [0, 0.05) is 18.7 Å². The lowest BCUT2D eigenvalue weighted by Crippen LogP contribution is -2.18. The highest BCUT2D eigenvalue weighted by Gasteiger charge is 2.06. The van der Waals surface area contributed by atoms with Crippen LogP contribution in [0.1, 0.15) is 12.0 Å². The van der Waals surface area contributed by atoms with Crippen molar-refractivity contribution in [2.75, 3.05) is 26.4 Å². The molecule has 96 valence electrons. The summed E-state index contributed by atoms with van der Waals surface area (Å²) >= 11 is 0. The van der Waals surface area contributed by atoms with Gasteiger partial charge >= 0.3 is 0 Å². The monoisotopic (exact) mass is 245 g/mol. The van der Waals surface area contributed by atoms with E-state index in [1.165, 1.54) is 18.2 Å². The molecule has 0 radical (unpaired) electrons. The normalized spacial score (nSPS) is 10.8. The maximum atomic E-state index is 13.2. The van der Waals surface area contributed by atoms with Crippen LogP contribution in [-0.4, -0.2) is 31.5 Å². The summed E-state index contributed by atoms with van der Waals surface area (Å²) in [7, 11) is 0. The van der Waals surface area contributed by atoms with Crippen LogP contribution < -0.4 is 5.32 Å². The van der Waals surface area contributed by atoms with Crippen molar-refractivity contribution in [3.8, 4) is 0 Å². The highest BCUT2D eigenvalue weighted by Crippen LogP contribution is 2.11. The van der Waals surface area contributed by atoms with Gasteiger partial charge in [-0.2, -0.15) is 0 Å². The minimum Gasteiger partial charge on any atom is -0.394 e. The topological polar surface area (TPSA) is 41.5 Å². The first-order valence-corrected chi connectivity index (χ1v) is 5.58. The van der Waals surface area contributed by atoms with Crippen molar-refractivity contribution >= 4 is 0 Å². The number of hydrogen-bond donors (Lipinski definition) is 2. The van der Waals surface area contributed by atoms with Crippen molar-refractivity contribution in [2.45, 2.75) is 13.0 Å². The van der Waals surface area contributed by atoms with Crippen molar-refractivity contribution in [2.24, 2.45) is 0 Å². The first-order chi connectivity index (χ1) is 8.25. The first-order valence-electron chi connectivity index (χ1n) is 5.58. The molecule has 0 saturated carbocycles. The molecule has 0 atom stereocenters. The Morgan fingerprint density at radius 2 is 1.88 bits per heavy atom. The van der Waals surface area contributed by atoms with E-state index in [1.54, 1.807) is 0 Å². The molecule has 0 aliphatic rings. The average Bonchev–Trinajstić information content (AvgIpc) is 2.31. The van der Waals surface area contributed by atoms with Gasteiger partial charge in [-0.25, -0.2) is 8.78 Å². The molecule has 1 rings (SSSR count). The summed E-state index contributed by atoms with van der Waals surface area (Å²) in [5.41, 5.74) is 0.0591. The molecule has 0 spiro atoms. The van der Waals surface area contributed by atoms with Crippen LogP contribution in [0, 0.1) is 11.6 Å². The molecule has 1 aromatic rings. The number of ether oxygens (including phenoxy) is 1. The maximum Gasteiger partial charge on any atom is 0.130 e. The van der Waals surface area contributed by atoms with Crippen LogP contribution in [0.2, 0.25) is 0 Å². The Bertz CT molecular complexity index is 314. The summed E-state index contributed by atoms with van der Waals surface area (Å²) in [5.74, 6) is -1.07. The first kappa shape index (κ1) is 14.0. The molecule has 0 aliphatic heterocycles. The Hall–Kier alpha value is -1.04. The standard InChI is InChI=1S/C12H17F2NO2/c13-11-3-1-4-12(14)10(11)9-15-5-2-7-17-8-6-16/h1,3-4,15-16H,2,5-9H2. The summed E-state index contributed by atoms with van der Waals surface area (Å²) in [5, 5.41) is 11.4. The van der Waals surface area contributed by atoms with Gasteiger partial charge in [0.1, 0.15) is 11.6 Å². The lowest BCUT2D eigenvalue weighted by molar-refractivity contribution is 0.0907. The Balaban J connectivity index is 2.18. The van der Waals surface area contributed by atoms with Crippen molar-refractivity contribution in [1.29, 1.82) is 0 Å². The van der Waals surface area contributed by atoms with Crippen LogP contribution in [0.15, 0.2) is 18.2 Å². The largest absolute Gasteiger partial charge is 0.394 e. The fraction of sp³-hybridized carbons (Fsp3) is 0.500. The number of aliphatic hydroxyl groups is 1. The Kier molecular flexibility index (Phi) is 6.69. The van der Waals surface area contributed by atoms with Gasteiger partial charge in [0.25, 0.3) is 0 Å². The summed E-state index contributed by atoms with van der Waals surface area (Å²) in [6, 6.07) is 3.83. The van der Waals surface area contributed by atoms with Crippen LogP contribution in [-0.2, 0) is 11.3 Å². The van der Waals surface area contributed by atoms with Crippen LogP contribution in [0.5, 0.6) is 0 Å². The highest BCUT2D eigenvalue weighted by atomic mass is 19.1. The van der Waals surface area contributed by atoms with E-state index >= 15 is 0 Å². The third-order valence-electron chi connectivity index (χ3n) is 2.24. The third kappa shape index (κ3) is 5.21. The summed E-state index contributed by atoms with van der Waals surface area (Å²) in [4.78, 5) is 0. The SMILES string of the molecule is OCCOCCCNCc1c(F)cccc1F. The molecule has 5 heteroatoms. The molecule has 0 fully saturated rings. The third-order valence-corrected chi connectivity index (χ3v) is 2.24. The van der Waals surface area contributed by atoms with Crippen molar-refractivity contribution in [1.82, 2.24) is 5.32 Å². The van der Waals surface area contributed by atoms with E-state index in [9.17, 15) is 8.78 Å². The van der Waals surface area contributed by atoms with Crippen LogP contribution in [0.4, 0.5) is 8.78 Å². The summed E-state index contributed by atoms with van der Waals surface area (Å²) < 4.78 is 31.4. The van der Waals surface area contributed by atoms with Gasteiger partial charge in [0.15, 0.2) is 0 Å². The molecular formula is C12H17F2NO2. The molecule has 0 amide bonds. The molecule has 2 N–H and O–H groups in total. The zero-order valence-corrected chi connectivity index (χ0v) is 9.59. The molecule has 0 unspecified atom stereocenters. The predicted molar refractivity (Wildman–Crippen MR) is 60.6 cm³/mol. The number of aliphatic hydroxyl groups excluding tert-OH is 1. The zero-order valence-electron chi connectivity index (χ0n) is 9.59. The second-order valence-electron chi connectivity index (χ2n) is 3.57. The summed E-state index contributed by atoms with van der Waals surface area (Å²) in [6.07, 6.45) is 0.732. The van der Waals surface area contributed by atoms with E-state index in [1.807, 2.05) is 0 Å². The van der Waals surface area contributed by atoms with Crippen LogP contribution in [0.25, 0.3) is 0 Å². The molecule has 3 nitrogen and oxygen atoms in total. The van der Waals surface area contributed by atoms with E-state index in [-0.39, 0.29) is 18.7 Å². The Morgan fingerprint density at radius 1 is 1.18 bits per heavy atom. The van der Waals surface area contributed by atoms with E-state index < -0.39 is 11.6 Å². The number of benzene rings is 1. The van der Waals surface area contributed by atoms with Gasteiger partial charge in [0.2, 0.25) is 0 Å². The predicted octanol–water partition coefficient (Wildman–Crippen LogP) is 1.45. The van der Waals surface area contributed by atoms with Gasteiger partial charge in [-0.1, -0.05) is 6.07 Å². The minimum absolute atomic E-state index is 0.00780. The van der Waals surface area contributed by atoms with Gasteiger partial charge in [-0.05, 0) is 25.1 Å². The molecule has 0 heterocycles. The lowest BCUT2D eigenvalue weighted by atomic mass is 10.2. The number of hydrogen-bond acceptors (Lipinski definition) is 3. The summed E-state index contributed by atoms with van der Waals surface area (Å²) in [6.45, 7) is 1.63. The van der Waals surface area contributed by atoms with Gasteiger partial charge in [0.05, 0.1) is 13.2 Å². The molecular weight excluding hydrogens is 228 g/mol. The molecule has 1 aromatic carbocycles. The highest BCUT2D eigenvalue weighted by molar-refractivity contribution is 5.19. The van der Waals surface area contributed by atoms with E-state index in [4.69, 9.17) is 9.84 Å². The smallest absolute Gasteiger partial charge is 0.130 e. The fourth-order valence-electron chi connectivity index (χ4n) is 1.38. The Labute approximate surface area is 99.4 Å². The quantitative estimate of drug-likeness (QED) is 0.681. The van der Waals surface area contributed by atoms with Crippen LogP contribution in [0.3, 0.4) is 0 Å². The number of rotatable bonds is 8. The molecule has 17 heavy (non-hydrogen) atoms. The molecule has 0 bridgehead atoms. The molecule has 0 saturated heterocycles. The minimum atomic E-state index is -0.533. The maximum absolute atomic E-state index is 13.2. The van der Waals surface area contributed by atoms with Crippen molar-refractivity contribution < 1.29 is 18.6 Å². The second-order valence-corrected chi connectivity index (χ2v) is 3.57. The zero-order chi connectivity index (χ0) is 12.5. The Morgan fingerprint density at radius 3 is 2.53 bits per heavy atom. The fourth-order valence-corrected chi connectivity index (χ4v) is 1.38. The van der Waals surface area contributed by atoms with Gasteiger partial charge in [-0.15, -0.1) is 0 Å². The van der Waals surface area contributed by atoms with Crippen LogP contribution >= 0.6 is 0 Å². The van der Waals surface area contributed by atoms with E-state index in [0.717, 1.165) is 6.42 Å². The molecule has 0 aromatic heterocycles. The van der Waals surface area contributed by atoms with Gasteiger partial charge < -0.3 is 15.2 Å². The molecule has 0 aliphatic carbocycles. The van der Waals surface area contributed by atoms with E-state index in [0.29, 0.717) is 19.8 Å². The van der Waals surface area contributed by atoms with Crippen molar-refractivity contribution in [3.05, 3.63) is 35.4 Å². The van der Waals surface area contributed by atoms with Crippen molar-refractivity contribution in [3.63, 3.8) is 0 Å². The average molecular weight is 245 g/mol. The number of halogens is 2. The van der Waals surface area contributed by atoms with Gasteiger partial charge in [-0.3, -0.25) is 0 Å². The van der Waals surface area contributed by atoms with E-state index in [2.05, 4.69) is 5.32 Å².